The first-order valence-electron chi connectivity index (χ1n) is 8.88. The summed E-state index contributed by atoms with van der Waals surface area (Å²) in [6.45, 7) is 0.422. The van der Waals surface area contributed by atoms with Crippen molar-refractivity contribution in [1.82, 2.24) is 10.2 Å². The van der Waals surface area contributed by atoms with Gasteiger partial charge in [-0.3, -0.25) is 14.9 Å². The second kappa shape index (κ2) is 8.04. The second-order valence-electron chi connectivity index (χ2n) is 6.51. The molecule has 1 saturated heterocycles. The predicted molar refractivity (Wildman–Crippen MR) is 107 cm³/mol. The number of hydrogen-bond donors (Lipinski definition) is 1. The van der Waals surface area contributed by atoms with Crippen molar-refractivity contribution in [3.05, 3.63) is 65.8 Å². The average Bonchev–Trinajstić information content (AvgIpc) is 3.35. The SMILES string of the molecule is CSc1ccc(N2C[C@@H](c3nnc(NC(=O)c4ccc(F)cc4)o3)CC2=O)cc1. The van der Waals surface area contributed by atoms with Crippen LogP contribution < -0.4 is 10.2 Å². The highest BCUT2D eigenvalue weighted by Crippen LogP contribution is 2.32. The molecular formula is C20H17FN4O3S. The number of nitrogens with one attached hydrogen (secondary N) is 1. The van der Waals surface area contributed by atoms with Gasteiger partial charge in [-0.2, -0.15) is 0 Å². The number of halogens is 1. The van der Waals surface area contributed by atoms with Crippen molar-refractivity contribution < 1.29 is 18.4 Å². The third-order valence-corrected chi connectivity index (χ3v) is 5.37. The topological polar surface area (TPSA) is 88.3 Å². The van der Waals surface area contributed by atoms with E-state index in [0.717, 1.165) is 10.6 Å². The third-order valence-electron chi connectivity index (χ3n) is 4.63. The largest absolute Gasteiger partial charge is 0.407 e. The first-order valence-corrected chi connectivity index (χ1v) is 10.1. The number of thioether (sulfide) groups is 1. The minimum Gasteiger partial charge on any atom is -0.407 e. The van der Waals surface area contributed by atoms with Gasteiger partial charge in [0.25, 0.3) is 5.91 Å². The van der Waals surface area contributed by atoms with Crippen LogP contribution in [0, 0.1) is 5.82 Å². The Kier molecular flexibility index (Phi) is 5.30. The summed E-state index contributed by atoms with van der Waals surface area (Å²) < 4.78 is 18.5. The summed E-state index contributed by atoms with van der Waals surface area (Å²) in [6, 6.07) is 12.8. The quantitative estimate of drug-likeness (QED) is 0.643. The maximum atomic E-state index is 13.0. The van der Waals surface area contributed by atoms with Crippen molar-refractivity contribution in [3.63, 3.8) is 0 Å². The summed E-state index contributed by atoms with van der Waals surface area (Å²) in [5.41, 5.74) is 1.08. The maximum Gasteiger partial charge on any atom is 0.322 e. The smallest absolute Gasteiger partial charge is 0.322 e. The molecule has 2 aromatic carbocycles. The molecule has 148 valence electrons. The number of carbonyl (C=O) groups excluding carboxylic acids is 2. The zero-order valence-corrected chi connectivity index (χ0v) is 16.3. The molecule has 1 atom stereocenters. The monoisotopic (exact) mass is 412 g/mol. The van der Waals surface area contributed by atoms with E-state index in [-0.39, 0.29) is 35.7 Å². The summed E-state index contributed by atoms with van der Waals surface area (Å²) in [4.78, 5) is 27.4. The van der Waals surface area contributed by atoms with E-state index in [1.54, 1.807) is 16.7 Å². The molecule has 29 heavy (non-hydrogen) atoms. The van der Waals surface area contributed by atoms with E-state index >= 15 is 0 Å². The number of anilines is 2. The Balaban J connectivity index is 1.43. The number of nitrogens with zero attached hydrogens (tertiary/aromatic N) is 3. The summed E-state index contributed by atoms with van der Waals surface area (Å²) >= 11 is 1.64. The molecule has 2 amide bonds. The molecule has 0 spiro atoms. The van der Waals surface area contributed by atoms with Crippen LogP contribution in [-0.4, -0.2) is 34.8 Å². The summed E-state index contributed by atoms with van der Waals surface area (Å²) in [5, 5.41) is 10.3. The van der Waals surface area contributed by atoms with Gasteiger partial charge in [0.1, 0.15) is 5.82 Å². The second-order valence-corrected chi connectivity index (χ2v) is 7.39. The first-order chi connectivity index (χ1) is 14.0. The zero-order valence-electron chi connectivity index (χ0n) is 15.5. The molecule has 1 fully saturated rings. The highest BCUT2D eigenvalue weighted by Gasteiger charge is 2.35. The van der Waals surface area contributed by atoms with E-state index in [0.29, 0.717) is 6.54 Å². The summed E-state index contributed by atoms with van der Waals surface area (Å²) in [7, 11) is 0. The number of benzene rings is 2. The fourth-order valence-corrected chi connectivity index (χ4v) is 3.51. The average molecular weight is 412 g/mol. The van der Waals surface area contributed by atoms with Gasteiger partial charge in [0, 0.05) is 29.1 Å². The molecule has 9 heteroatoms. The van der Waals surface area contributed by atoms with Gasteiger partial charge in [-0.05, 0) is 54.8 Å². The zero-order chi connectivity index (χ0) is 20.4. The lowest BCUT2D eigenvalue weighted by Crippen LogP contribution is -2.24. The van der Waals surface area contributed by atoms with Crippen LogP contribution in [-0.2, 0) is 4.79 Å². The van der Waals surface area contributed by atoms with Crippen LogP contribution in [0.5, 0.6) is 0 Å². The lowest BCUT2D eigenvalue weighted by molar-refractivity contribution is -0.117. The van der Waals surface area contributed by atoms with Gasteiger partial charge in [-0.25, -0.2) is 4.39 Å². The first kappa shape index (κ1) is 19.1. The Labute approximate surface area is 170 Å². The normalized spacial score (nSPS) is 16.3. The van der Waals surface area contributed by atoms with Crippen LogP contribution in [0.3, 0.4) is 0 Å². The molecule has 1 aliphatic heterocycles. The van der Waals surface area contributed by atoms with E-state index < -0.39 is 11.7 Å². The fourth-order valence-electron chi connectivity index (χ4n) is 3.11. The molecule has 3 aromatic rings. The van der Waals surface area contributed by atoms with E-state index in [1.807, 2.05) is 30.5 Å². The van der Waals surface area contributed by atoms with Crippen molar-refractivity contribution in [2.24, 2.45) is 0 Å². The molecule has 0 bridgehead atoms. The van der Waals surface area contributed by atoms with Crippen LogP contribution in [0.4, 0.5) is 16.1 Å². The molecule has 0 unspecified atom stereocenters. The van der Waals surface area contributed by atoms with Crippen molar-refractivity contribution in [3.8, 4) is 0 Å². The Morgan fingerprint density at radius 1 is 1.17 bits per heavy atom. The Morgan fingerprint density at radius 3 is 2.59 bits per heavy atom. The van der Waals surface area contributed by atoms with Crippen molar-refractivity contribution in [2.45, 2.75) is 17.2 Å². The van der Waals surface area contributed by atoms with Crippen molar-refractivity contribution in [1.29, 1.82) is 0 Å². The fraction of sp³-hybridized carbons (Fsp3) is 0.200. The van der Waals surface area contributed by atoms with E-state index in [2.05, 4.69) is 15.5 Å². The number of carbonyl (C=O) groups is 2. The molecule has 0 radical (unpaired) electrons. The van der Waals surface area contributed by atoms with Crippen molar-refractivity contribution in [2.75, 3.05) is 23.0 Å². The number of rotatable bonds is 5. The minimum atomic E-state index is -0.488. The molecule has 2 heterocycles. The third kappa shape index (κ3) is 4.14. The van der Waals surface area contributed by atoms with Crippen LogP contribution in [0.1, 0.15) is 28.6 Å². The van der Waals surface area contributed by atoms with Gasteiger partial charge in [0.2, 0.25) is 11.8 Å². The molecule has 1 N–H and O–H groups in total. The van der Waals surface area contributed by atoms with Gasteiger partial charge >= 0.3 is 6.01 Å². The van der Waals surface area contributed by atoms with Crippen LogP contribution in [0.15, 0.2) is 57.8 Å². The lowest BCUT2D eigenvalue weighted by atomic mass is 10.1. The molecule has 0 saturated carbocycles. The van der Waals surface area contributed by atoms with Gasteiger partial charge in [0.15, 0.2) is 0 Å². The lowest BCUT2D eigenvalue weighted by Gasteiger charge is -2.16. The molecular weight excluding hydrogens is 395 g/mol. The van der Waals surface area contributed by atoms with Crippen LogP contribution in [0.25, 0.3) is 0 Å². The Bertz CT molecular complexity index is 1040. The highest BCUT2D eigenvalue weighted by molar-refractivity contribution is 7.98. The summed E-state index contributed by atoms with van der Waals surface area (Å²) in [5.74, 6) is -0.914. The van der Waals surface area contributed by atoms with Gasteiger partial charge in [-0.15, -0.1) is 16.9 Å². The number of aromatic nitrogens is 2. The molecule has 7 nitrogen and oxygen atoms in total. The Morgan fingerprint density at radius 2 is 1.90 bits per heavy atom. The van der Waals surface area contributed by atoms with Gasteiger partial charge in [-0.1, -0.05) is 5.10 Å². The number of hydrogen-bond acceptors (Lipinski definition) is 6. The van der Waals surface area contributed by atoms with E-state index in [4.69, 9.17) is 4.42 Å². The Hall–Kier alpha value is -3.20. The molecule has 1 aromatic heterocycles. The molecule has 4 rings (SSSR count). The van der Waals surface area contributed by atoms with Crippen LogP contribution in [0.2, 0.25) is 0 Å². The predicted octanol–water partition coefficient (Wildman–Crippen LogP) is 3.70. The van der Waals surface area contributed by atoms with E-state index in [9.17, 15) is 14.0 Å². The maximum absolute atomic E-state index is 13.0. The summed E-state index contributed by atoms with van der Waals surface area (Å²) in [6.07, 6.45) is 2.24. The molecule has 0 aliphatic carbocycles. The van der Waals surface area contributed by atoms with E-state index in [1.165, 1.54) is 24.3 Å². The van der Waals surface area contributed by atoms with Gasteiger partial charge in [0.05, 0.1) is 5.92 Å². The highest BCUT2D eigenvalue weighted by atomic mass is 32.2. The standard InChI is InChI=1S/C20H17FN4O3S/c1-29-16-8-6-15(7-9-16)25-11-13(10-17(25)26)19-23-24-20(28-19)22-18(27)12-2-4-14(21)5-3-12/h2-9,13H,10-11H2,1H3,(H,22,24,27)/t13-/m0/s1. The van der Waals surface area contributed by atoms with Crippen LogP contribution >= 0.6 is 11.8 Å². The van der Waals surface area contributed by atoms with Gasteiger partial charge < -0.3 is 9.32 Å². The number of amides is 2. The minimum absolute atomic E-state index is 0.0259. The molecule has 1 aliphatic rings. The van der Waals surface area contributed by atoms with Crippen molar-refractivity contribution >= 4 is 35.3 Å².